The summed E-state index contributed by atoms with van der Waals surface area (Å²) >= 11 is 0. The van der Waals surface area contributed by atoms with Gasteiger partial charge in [-0.25, -0.2) is 9.59 Å². The molecule has 11 nitrogen and oxygen atoms in total. The van der Waals surface area contributed by atoms with E-state index in [0.29, 0.717) is 50.9 Å². The highest BCUT2D eigenvalue weighted by atomic mass is 16.4. The van der Waals surface area contributed by atoms with Crippen molar-refractivity contribution in [2.45, 2.75) is 101 Å². The summed E-state index contributed by atoms with van der Waals surface area (Å²) in [5.74, 6) is 9.57. The maximum absolute atomic E-state index is 12.9. The molecule has 4 rings (SSSR count). The van der Waals surface area contributed by atoms with E-state index in [1.54, 1.807) is 0 Å². The molecule has 2 aliphatic carbocycles. The molecular weight excluding hydrogens is 725 g/mol. The van der Waals surface area contributed by atoms with Crippen molar-refractivity contribution in [2.24, 2.45) is 11.8 Å². The van der Waals surface area contributed by atoms with E-state index in [1.807, 2.05) is 98.7 Å². The van der Waals surface area contributed by atoms with Crippen molar-refractivity contribution in [1.82, 2.24) is 9.80 Å². The summed E-state index contributed by atoms with van der Waals surface area (Å²) < 4.78 is 0. The number of nitrogens with zero attached hydrogens (tertiary/aromatic N) is 2. The van der Waals surface area contributed by atoms with E-state index in [-0.39, 0.29) is 28.9 Å². The van der Waals surface area contributed by atoms with Crippen LogP contribution in [0.4, 0.5) is 0 Å². The number of benzene rings is 2. The van der Waals surface area contributed by atoms with Crippen LogP contribution in [0.2, 0.25) is 0 Å². The SMILES string of the molecule is CN(C)CC#CCCC(=O)C(O)(c1ccccc1)C1CCCCC1.CN(C)CC#CCCC(=O)[C@](O)(c1ccccc1)C1CCCCC1.O.O=C(O)C=CC(=O)O. The molecule has 0 heterocycles. The van der Waals surface area contributed by atoms with Gasteiger partial charge < -0.3 is 25.9 Å². The summed E-state index contributed by atoms with van der Waals surface area (Å²) in [5.41, 5.74) is -1.23. The highest BCUT2D eigenvalue weighted by molar-refractivity contribution is 5.90. The van der Waals surface area contributed by atoms with Crippen LogP contribution in [0.5, 0.6) is 0 Å². The zero-order valence-corrected chi connectivity index (χ0v) is 34.2. The number of carboxylic acid groups (broad SMARTS) is 2. The van der Waals surface area contributed by atoms with Gasteiger partial charge in [-0.05, 0) is 76.8 Å². The predicted molar refractivity (Wildman–Crippen MR) is 223 cm³/mol. The van der Waals surface area contributed by atoms with Crippen LogP contribution in [0.15, 0.2) is 72.8 Å². The van der Waals surface area contributed by atoms with Gasteiger partial charge in [0, 0.05) is 37.8 Å². The monoisotopic (exact) mass is 788 g/mol. The van der Waals surface area contributed by atoms with Crippen LogP contribution in [0.3, 0.4) is 0 Å². The van der Waals surface area contributed by atoms with Gasteiger partial charge in [0.15, 0.2) is 22.8 Å². The highest BCUT2D eigenvalue weighted by Crippen LogP contribution is 2.42. The summed E-state index contributed by atoms with van der Waals surface area (Å²) in [5, 5.41) is 38.5. The normalized spacial score (nSPS) is 16.4. The third-order valence-corrected chi connectivity index (χ3v) is 10.0. The number of Topliss-reactive ketones (excluding diaryl/α,β-unsaturated/α-hetero) is 2. The Labute approximate surface area is 339 Å². The van der Waals surface area contributed by atoms with Crippen LogP contribution in [0.1, 0.15) is 101 Å². The average Bonchev–Trinajstić information content (AvgIpc) is 3.20. The lowest BCUT2D eigenvalue weighted by Gasteiger charge is -2.37. The maximum Gasteiger partial charge on any atom is 0.328 e. The minimum Gasteiger partial charge on any atom is -0.478 e. The van der Waals surface area contributed by atoms with Crippen LogP contribution in [-0.4, -0.2) is 100 Å². The minimum absolute atomic E-state index is 0. The van der Waals surface area contributed by atoms with E-state index in [1.165, 1.54) is 12.8 Å². The fourth-order valence-electron chi connectivity index (χ4n) is 7.15. The van der Waals surface area contributed by atoms with Crippen molar-refractivity contribution >= 4 is 23.5 Å². The number of aliphatic carboxylic acids is 2. The Morgan fingerprint density at radius 2 is 0.895 bits per heavy atom. The smallest absolute Gasteiger partial charge is 0.328 e. The number of carbonyl (C=O) groups excluding carboxylic acids is 2. The zero-order valence-electron chi connectivity index (χ0n) is 34.2. The largest absolute Gasteiger partial charge is 0.478 e. The van der Waals surface area contributed by atoms with Gasteiger partial charge >= 0.3 is 11.9 Å². The van der Waals surface area contributed by atoms with Crippen molar-refractivity contribution in [3.05, 3.63) is 83.9 Å². The lowest BCUT2D eigenvalue weighted by molar-refractivity contribution is -0.147. The number of hydrogen-bond acceptors (Lipinski definition) is 8. The van der Waals surface area contributed by atoms with Crippen molar-refractivity contribution in [1.29, 1.82) is 0 Å². The highest BCUT2D eigenvalue weighted by Gasteiger charge is 2.45. The van der Waals surface area contributed by atoms with E-state index in [2.05, 4.69) is 23.7 Å². The average molecular weight is 789 g/mol. The Morgan fingerprint density at radius 1 is 0.579 bits per heavy atom. The fourth-order valence-corrected chi connectivity index (χ4v) is 7.15. The van der Waals surface area contributed by atoms with E-state index in [4.69, 9.17) is 10.2 Å². The second kappa shape index (κ2) is 27.1. The zero-order chi connectivity index (χ0) is 41.4. The quantitative estimate of drug-likeness (QED) is 0.138. The van der Waals surface area contributed by atoms with Crippen molar-refractivity contribution in [3.63, 3.8) is 0 Å². The molecular formula is C46H64N2O9. The molecule has 0 saturated heterocycles. The molecule has 2 aromatic rings. The van der Waals surface area contributed by atoms with Gasteiger partial charge in [0.25, 0.3) is 0 Å². The van der Waals surface area contributed by atoms with E-state index in [9.17, 15) is 29.4 Å². The third-order valence-electron chi connectivity index (χ3n) is 10.0. The van der Waals surface area contributed by atoms with E-state index < -0.39 is 23.1 Å². The molecule has 2 saturated carbocycles. The fraction of sp³-hybridized carbons (Fsp3) is 0.522. The Hall–Kier alpha value is -4.62. The molecule has 1 unspecified atom stereocenters. The topological polar surface area (TPSA) is 187 Å². The second-order valence-corrected chi connectivity index (χ2v) is 15.0. The molecule has 0 radical (unpaired) electrons. The Bertz CT molecular complexity index is 1540. The van der Waals surface area contributed by atoms with Crippen LogP contribution in [0.25, 0.3) is 0 Å². The molecule has 0 aliphatic heterocycles. The summed E-state index contributed by atoms with van der Waals surface area (Å²) in [4.78, 5) is 49.0. The van der Waals surface area contributed by atoms with Crippen molar-refractivity contribution in [3.8, 4) is 23.7 Å². The number of ketones is 2. The van der Waals surface area contributed by atoms with Gasteiger partial charge in [-0.3, -0.25) is 19.4 Å². The molecule has 2 aromatic carbocycles. The number of carbonyl (C=O) groups is 4. The predicted octanol–water partition coefficient (Wildman–Crippen LogP) is 5.62. The second-order valence-electron chi connectivity index (χ2n) is 15.0. The number of hydrogen-bond donors (Lipinski definition) is 4. The minimum atomic E-state index is -1.36. The molecule has 2 aliphatic rings. The number of carboxylic acids is 2. The lowest BCUT2D eigenvalue weighted by Crippen LogP contribution is -2.44. The molecule has 0 aromatic heterocycles. The van der Waals surface area contributed by atoms with Gasteiger partial charge in [-0.1, -0.05) is 111 Å². The van der Waals surface area contributed by atoms with Gasteiger partial charge in [0.1, 0.15) is 0 Å². The molecule has 11 heteroatoms. The van der Waals surface area contributed by atoms with Crippen LogP contribution in [0, 0.1) is 35.5 Å². The Balaban J connectivity index is 0.000000473. The summed E-state index contributed by atoms with van der Waals surface area (Å²) in [6.07, 6.45) is 13.2. The maximum atomic E-state index is 12.9. The molecule has 312 valence electrons. The summed E-state index contributed by atoms with van der Waals surface area (Å²) in [6, 6.07) is 18.9. The van der Waals surface area contributed by atoms with Crippen LogP contribution >= 0.6 is 0 Å². The van der Waals surface area contributed by atoms with E-state index >= 15 is 0 Å². The molecule has 0 bridgehead atoms. The first-order valence-electron chi connectivity index (χ1n) is 19.7. The number of rotatable bonds is 14. The summed E-state index contributed by atoms with van der Waals surface area (Å²) in [7, 11) is 7.88. The first kappa shape index (κ1) is 50.4. The van der Waals surface area contributed by atoms with Gasteiger partial charge in [-0.2, -0.15) is 0 Å². The Kier molecular flexibility index (Phi) is 24.0. The molecule has 2 fully saturated rings. The van der Waals surface area contributed by atoms with Crippen molar-refractivity contribution in [2.75, 3.05) is 41.3 Å². The molecule has 0 spiro atoms. The molecule has 0 amide bonds. The van der Waals surface area contributed by atoms with Crippen LogP contribution < -0.4 is 0 Å². The van der Waals surface area contributed by atoms with Gasteiger partial charge in [0.05, 0.1) is 13.1 Å². The van der Waals surface area contributed by atoms with Gasteiger partial charge in [0.2, 0.25) is 0 Å². The van der Waals surface area contributed by atoms with Gasteiger partial charge in [-0.15, -0.1) is 11.8 Å². The van der Waals surface area contributed by atoms with Crippen LogP contribution in [-0.2, 0) is 30.4 Å². The molecule has 6 N–H and O–H groups in total. The first-order valence-corrected chi connectivity index (χ1v) is 19.7. The summed E-state index contributed by atoms with van der Waals surface area (Å²) in [6.45, 7) is 1.39. The number of aliphatic hydroxyl groups is 2. The molecule has 2 atom stereocenters. The Morgan fingerprint density at radius 3 is 1.18 bits per heavy atom. The third kappa shape index (κ3) is 17.6. The molecule has 57 heavy (non-hydrogen) atoms. The van der Waals surface area contributed by atoms with Crippen molar-refractivity contribution < 1.29 is 45.1 Å². The standard InChI is InChI=1S/2C21H29NO2.C4H4O4.H2O/c2*1-22(2)17-11-5-10-16-20(23)21(24,18-12-6-3-7-13-18)19-14-8-4-9-15-19;5-3(6)1-2-4(7)8;/h2*3,6-7,12-13,19,24H,4,8-10,14-17H2,1-2H3;1-2H,(H,5,6)(H,7,8);1H2/t21-;;;/m0.../s1. The van der Waals surface area contributed by atoms with E-state index in [0.717, 1.165) is 62.5 Å². The lowest BCUT2D eigenvalue weighted by atomic mass is 9.70. The first-order chi connectivity index (χ1) is 26.7.